The van der Waals surface area contributed by atoms with Gasteiger partial charge >= 0.3 is 0 Å². The fraction of sp³-hybridized carbons (Fsp3) is 0.611. The maximum absolute atomic E-state index is 4.84. The van der Waals surface area contributed by atoms with Crippen molar-refractivity contribution < 1.29 is 0 Å². The third-order valence-corrected chi connectivity index (χ3v) is 5.61. The van der Waals surface area contributed by atoms with Crippen LogP contribution in [0.5, 0.6) is 0 Å². The van der Waals surface area contributed by atoms with E-state index in [0.29, 0.717) is 5.41 Å². The Kier molecular flexibility index (Phi) is 3.46. The van der Waals surface area contributed by atoms with Gasteiger partial charge in [-0.25, -0.2) is 4.98 Å². The predicted octanol–water partition coefficient (Wildman–Crippen LogP) is 2.49. The molecule has 2 fully saturated rings. The Bertz CT molecular complexity index is 677. The van der Waals surface area contributed by atoms with Crippen LogP contribution in [0.15, 0.2) is 24.3 Å². The molecule has 1 spiro atoms. The smallest absolute Gasteiger partial charge is 0.123 e. The second-order valence-corrected chi connectivity index (χ2v) is 7.38. The van der Waals surface area contributed by atoms with Crippen LogP contribution in [0.3, 0.4) is 0 Å². The molecule has 118 valence electrons. The number of imidazole rings is 1. The highest BCUT2D eigenvalue weighted by Crippen LogP contribution is 2.39. The van der Waals surface area contributed by atoms with Crippen molar-refractivity contribution in [2.45, 2.75) is 25.8 Å². The Labute approximate surface area is 132 Å². The minimum absolute atomic E-state index is 0.539. The number of nitrogens with zero attached hydrogens (tertiary/aromatic N) is 4. The van der Waals surface area contributed by atoms with E-state index in [-0.39, 0.29) is 0 Å². The van der Waals surface area contributed by atoms with E-state index in [9.17, 15) is 0 Å². The lowest BCUT2D eigenvalue weighted by molar-refractivity contribution is 0.111. The molecular formula is C18H26N4. The highest BCUT2D eigenvalue weighted by molar-refractivity contribution is 5.75. The van der Waals surface area contributed by atoms with Gasteiger partial charge in [-0.2, -0.15) is 0 Å². The molecule has 4 nitrogen and oxygen atoms in total. The number of aromatic nitrogens is 2. The number of benzene rings is 1. The second kappa shape index (κ2) is 5.36. The van der Waals surface area contributed by atoms with Crippen LogP contribution in [0.1, 0.15) is 25.1 Å². The van der Waals surface area contributed by atoms with E-state index >= 15 is 0 Å². The molecule has 1 aromatic carbocycles. The maximum Gasteiger partial charge on any atom is 0.123 e. The number of hydrogen-bond donors (Lipinski definition) is 0. The van der Waals surface area contributed by atoms with Gasteiger partial charge in [0.05, 0.1) is 17.6 Å². The molecule has 0 bridgehead atoms. The molecule has 22 heavy (non-hydrogen) atoms. The van der Waals surface area contributed by atoms with Gasteiger partial charge in [0, 0.05) is 20.1 Å². The maximum atomic E-state index is 4.84. The number of piperidine rings is 1. The molecule has 2 saturated heterocycles. The van der Waals surface area contributed by atoms with E-state index < -0.39 is 0 Å². The Morgan fingerprint density at radius 2 is 1.95 bits per heavy atom. The molecule has 1 atom stereocenters. The molecule has 0 saturated carbocycles. The molecule has 4 heteroatoms. The lowest BCUT2D eigenvalue weighted by atomic mass is 9.79. The number of aryl methyl sites for hydroxylation is 1. The van der Waals surface area contributed by atoms with Gasteiger partial charge in [-0.1, -0.05) is 12.1 Å². The van der Waals surface area contributed by atoms with Crippen LogP contribution >= 0.6 is 0 Å². The lowest BCUT2D eigenvalue weighted by Gasteiger charge is -2.38. The van der Waals surface area contributed by atoms with E-state index in [1.54, 1.807) is 0 Å². The molecule has 4 rings (SSSR count). The zero-order chi connectivity index (χ0) is 15.2. The largest absolute Gasteiger partial charge is 0.330 e. The Balaban J connectivity index is 1.51. The summed E-state index contributed by atoms with van der Waals surface area (Å²) < 4.78 is 2.26. The third-order valence-electron chi connectivity index (χ3n) is 5.61. The van der Waals surface area contributed by atoms with Crippen molar-refractivity contribution in [1.82, 2.24) is 19.4 Å². The van der Waals surface area contributed by atoms with Gasteiger partial charge in [0.25, 0.3) is 0 Å². The molecule has 0 radical (unpaired) electrons. The first kappa shape index (κ1) is 14.2. The second-order valence-electron chi connectivity index (χ2n) is 7.38. The van der Waals surface area contributed by atoms with Gasteiger partial charge in [0.15, 0.2) is 0 Å². The number of likely N-dealkylation sites (tertiary alicyclic amines) is 2. The van der Waals surface area contributed by atoms with Crippen molar-refractivity contribution in [3.05, 3.63) is 30.1 Å². The van der Waals surface area contributed by atoms with Gasteiger partial charge < -0.3 is 9.47 Å². The fourth-order valence-electron chi connectivity index (χ4n) is 4.49. The summed E-state index contributed by atoms with van der Waals surface area (Å²) in [5.74, 6) is 1.20. The summed E-state index contributed by atoms with van der Waals surface area (Å²) in [5.41, 5.74) is 2.90. The van der Waals surface area contributed by atoms with E-state index in [2.05, 4.69) is 52.7 Å². The van der Waals surface area contributed by atoms with Crippen LogP contribution in [0.2, 0.25) is 0 Å². The molecule has 3 heterocycles. The first-order valence-corrected chi connectivity index (χ1v) is 8.47. The monoisotopic (exact) mass is 298 g/mol. The summed E-state index contributed by atoms with van der Waals surface area (Å²) in [7, 11) is 4.42. The standard InChI is InChI=1S/C18H26N4/c1-20-10-5-8-18(13-20)9-11-22(14-18)12-17-19-15-6-3-4-7-16(15)21(17)2/h3-4,6-7H,5,8-14H2,1-2H3. The summed E-state index contributed by atoms with van der Waals surface area (Å²) >= 11 is 0. The third kappa shape index (κ3) is 2.44. The first-order valence-electron chi connectivity index (χ1n) is 8.47. The zero-order valence-electron chi connectivity index (χ0n) is 13.8. The molecule has 2 aromatic rings. The molecule has 2 aliphatic heterocycles. The van der Waals surface area contributed by atoms with Crippen LogP contribution in [0.25, 0.3) is 11.0 Å². The molecule has 0 amide bonds. The highest BCUT2D eigenvalue weighted by atomic mass is 15.2. The first-order chi connectivity index (χ1) is 10.7. The van der Waals surface area contributed by atoms with Crippen molar-refractivity contribution in [3.8, 4) is 0 Å². The minimum Gasteiger partial charge on any atom is -0.330 e. The lowest BCUT2D eigenvalue weighted by Crippen LogP contribution is -2.42. The van der Waals surface area contributed by atoms with Gasteiger partial charge in [0.1, 0.15) is 5.82 Å². The summed E-state index contributed by atoms with van der Waals surface area (Å²) in [6.45, 7) is 5.98. The van der Waals surface area contributed by atoms with Crippen molar-refractivity contribution in [3.63, 3.8) is 0 Å². The molecule has 2 aliphatic rings. The molecular weight excluding hydrogens is 272 g/mol. The molecule has 0 N–H and O–H groups in total. The summed E-state index contributed by atoms with van der Waals surface area (Å²) in [6, 6.07) is 8.44. The van der Waals surface area contributed by atoms with Crippen molar-refractivity contribution >= 4 is 11.0 Å². The normalized spacial score (nSPS) is 27.2. The van der Waals surface area contributed by atoms with Crippen LogP contribution in [-0.4, -0.2) is 52.6 Å². The number of hydrogen-bond acceptors (Lipinski definition) is 3. The number of fused-ring (bicyclic) bond motifs is 1. The van der Waals surface area contributed by atoms with E-state index in [1.165, 1.54) is 56.8 Å². The zero-order valence-corrected chi connectivity index (χ0v) is 13.8. The molecule has 0 aliphatic carbocycles. The number of rotatable bonds is 2. The number of para-hydroxylation sites is 2. The fourth-order valence-corrected chi connectivity index (χ4v) is 4.49. The van der Waals surface area contributed by atoms with E-state index in [4.69, 9.17) is 4.98 Å². The van der Waals surface area contributed by atoms with E-state index in [1.807, 2.05) is 0 Å². The van der Waals surface area contributed by atoms with Crippen LogP contribution in [-0.2, 0) is 13.6 Å². The Morgan fingerprint density at radius 1 is 1.09 bits per heavy atom. The van der Waals surface area contributed by atoms with Crippen LogP contribution in [0.4, 0.5) is 0 Å². The predicted molar refractivity (Wildman–Crippen MR) is 89.8 cm³/mol. The van der Waals surface area contributed by atoms with Gasteiger partial charge in [-0.3, -0.25) is 4.90 Å². The van der Waals surface area contributed by atoms with Gasteiger partial charge in [-0.05, 0) is 56.9 Å². The van der Waals surface area contributed by atoms with Crippen molar-refractivity contribution in [2.24, 2.45) is 12.5 Å². The summed E-state index contributed by atoms with van der Waals surface area (Å²) in [5, 5.41) is 0. The Hall–Kier alpha value is -1.39. The summed E-state index contributed by atoms with van der Waals surface area (Å²) in [4.78, 5) is 9.96. The quantitative estimate of drug-likeness (QED) is 0.851. The highest BCUT2D eigenvalue weighted by Gasteiger charge is 2.40. The minimum atomic E-state index is 0.539. The van der Waals surface area contributed by atoms with Gasteiger partial charge in [-0.15, -0.1) is 0 Å². The average Bonchev–Trinajstić information content (AvgIpc) is 3.02. The Morgan fingerprint density at radius 3 is 2.77 bits per heavy atom. The van der Waals surface area contributed by atoms with E-state index in [0.717, 1.165) is 12.1 Å². The molecule has 1 unspecified atom stereocenters. The van der Waals surface area contributed by atoms with Gasteiger partial charge in [0.2, 0.25) is 0 Å². The average molecular weight is 298 g/mol. The van der Waals surface area contributed by atoms with Crippen molar-refractivity contribution in [1.29, 1.82) is 0 Å². The summed E-state index contributed by atoms with van der Waals surface area (Å²) in [6.07, 6.45) is 4.11. The topological polar surface area (TPSA) is 24.3 Å². The molecule has 1 aromatic heterocycles. The van der Waals surface area contributed by atoms with Crippen molar-refractivity contribution in [2.75, 3.05) is 33.2 Å². The van der Waals surface area contributed by atoms with Crippen LogP contribution in [0, 0.1) is 5.41 Å². The SMILES string of the molecule is CN1CCCC2(CCN(Cc3nc4ccccc4n3C)C2)C1. The van der Waals surface area contributed by atoms with Crippen LogP contribution < -0.4 is 0 Å².